The number of nitrogens with zero attached hydrogens (tertiary/aromatic N) is 3. The SMILES string of the molecule is Cc1cc(C)cc(CN(CCCC[N+](C)(C)Cc2cc(C)cc(C)c2)S(=O)(=O)c2ccc(Cl)c([N+](=O)[O-])c2)c1.[Br-]. The highest BCUT2D eigenvalue weighted by molar-refractivity contribution is 7.89. The van der Waals surface area contributed by atoms with Gasteiger partial charge >= 0.3 is 0 Å². The van der Waals surface area contributed by atoms with Crippen LogP contribution >= 0.6 is 11.6 Å². The molecule has 0 radical (unpaired) electrons. The van der Waals surface area contributed by atoms with Gasteiger partial charge in [0.2, 0.25) is 10.0 Å². The predicted molar refractivity (Wildman–Crippen MR) is 157 cm³/mol. The van der Waals surface area contributed by atoms with Gasteiger partial charge in [0.15, 0.2) is 0 Å². The lowest BCUT2D eigenvalue weighted by Gasteiger charge is -2.30. The second-order valence-corrected chi connectivity index (χ2v) is 13.6. The van der Waals surface area contributed by atoms with Crippen LogP contribution in [0, 0.1) is 37.8 Å². The highest BCUT2D eigenvalue weighted by atomic mass is 79.9. The van der Waals surface area contributed by atoms with Crippen molar-refractivity contribution in [1.82, 2.24) is 4.31 Å². The molecule has 3 rings (SSSR count). The highest BCUT2D eigenvalue weighted by Crippen LogP contribution is 2.29. The molecule has 0 spiro atoms. The molecule has 0 unspecified atom stereocenters. The maximum atomic E-state index is 13.7. The van der Waals surface area contributed by atoms with Gasteiger partial charge in [-0.2, -0.15) is 4.31 Å². The molecule has 40 heavy (non-hydrogen) atoms. The van der Waals surface area contributed by atoms with Gasteiger partial charge in [0.1, 0.15) is 11.6 Å². The molecule has 0 saturated carbocycles. The Bertz CT molecular complexity index is 1420. The Hall–Kier alpha value is -2.30. The van der Waals surface area contributed by atoms with Gasteiger partial charge in [-0.3, -0.25) is 10.1 Å². The Morgan fingerprint density at radius 1 is 0.850 bits per heavy atom. The lowest BCUT2D eigenvalue weighted by Crippen LogP contribution is -3.00. The highest BCUT2D eigenvalue weighted by Gasteiger charge is 2.28. The standard InChI is InChI=1S/C30H39ClN3O4S.BrH/c1-22-13-23(2)16-26(15-22)20-32(39(37,38)28-9-10-29(31)30(19-28)33(35)36)11-7-8-12-34(5,6)21-27-17-24(3)14-25(4)18-27;/h9-10,13-19H,7-8,11-12,20-21H2,1-6H3;1H/q+1;/p-1. The van der Waals surface area contributed by atoms with Gasteiger partial charge in [0.25, 0.3) is 5.69 Å². The van der Waals surface area contributed by atoms with E-state index in [-0.39, 0.29) is 33.4 Å². The fourth-order valence-electron chi connectivity index (χ4n) is 5.15. The van der Waals surface area contributed by atoms with Crippen LogP contribution in [-0.2, 0) is 23.1 Å². The van der Waals surface area contributed by atoms with E-state index in [1.54, 1.807) is 0 Å². The van der Waals surface area contributed by atoms with Crippen LogP contribution in [0.15, 0.2) is 59.5 Å². The van der Waals surface area contributed by atoms with Gasteiger partial charge in [-0.25, -0.2) is 8.42 Å². The number of quaternary nitrogens is 1. The van der Waals surface area contributed by atoms with Crippen LogP contribution in [0.4, 0.5) is 5.69 Å². The maximum absolute atomic E-state index is 13.7. The third kappa shape index (κ3) is 9.38. The molecule has 0 aliphatic heterocycles. The molecule has 0 bridgehead atoms. The number of sulfonamides is 1. The zero-order chi connectivity index (χ0) is 29.0. The Labute approximate surface area is 254 Å². The van der Waals surface area contributed by atoms with Crippen LogP contribution in [0.25, 0.3) is 0 Å². The van der Waals surface area contributed by atoms with E-state index in [4.69, 9.17) is 11.6 Å². The summed E-state index contributed by atoms with van der Waals surface area (Å²) in [6.45, 7) is 10.4. The summed E-state index contributed by atoms with van der Waals surface area (Å²) in [4.78, 5) is 10.6. The summed E-state index contributed by atoms with van der Waals surface area (Å²) >= 11 is 5.95. The van der Waals surface area contributed by atoms with Crippen molar-refractivity contribution in [2.75, 3.05) is 27.2 Å². The first kappa shape index (κ1) is 33.9. The number of benzene rings is 3. The number of unbranched alkanes of at least 4 members (excludes halogenated alkanes) is 1. The summed E-state index contributed by atoms with van der Waals surface area (Å²) < 4.78 is 29.7. The molecular weight excluding hydrogens is 614 g/mol. The van der Waals surface area contributed by atoms with Crippen molar-refractivity contribution in [2.45, 2.75) is 58.5 Å². The van der Waals surface area contributed by atoms with E-state index in [0.717, 1.165) is 46.8 Å². The van der Waals surface area contributed by atoms with E-state index in [1.807, 2.05) is 32.0 Å². The first-order chi connectivity index (χ1) is 18.2. The zero-order valence-corrected chi connectivity index (χ0v) is 27.2. The molecule has 3 aromatic rings. The molecule has 3 aromatic carbocycles. The fraction of sp³-hybridized carbons (Fsp3) is 0.400. The van der Waals surface area contributed by atoms with Crippen molar-refractivity contribution in [2.24, 2.45) is 0 Å². The van der Waals surface area contributed by atoms with Crippen molar-refractivity contribution in [1.29, 1.82) is 0 Å². The summed E-state index contributed by atoms with van der Waals surface area (Å²) in [5.41, 5.74) is 6.35. The molecule has 0 aliphatic rings. The van der Waals surface area contributed by atoms with Crippen LogP contribution in [0.3, 0.4) is 0 Å². The third-order valence-electron chi connectivity index (χ3n) is 6.71. The Kier molecular flexibility index (Phi) is 11.9. The van der Waals surface area contributed by atoms with Gasteiger partial charge in [-0.1, -0.05) is 70.3 Å². The van der Waals surface area contributed by atoms with Gasteiger partial charge in [0, 0.05) is 24.7 Å². The first-order valence-electron chi connectivity index (χ1n) is 13.1. The fourth-order valence-corrected chi connectivity index (χ4v) is 6.83. The normalized spacial score (nSPS) is 11.9. The molecule has 0 amide bonds. The maximum Gasteiger partial charge on any atom is 0.289 e. The first-order valence-corrected chi connectivity index (χ1v) is 14.9. The molecular formula is C30H39BrClN3O4S. The van der Waals surface area contributed by atoms with E-state index in [9.17, 15) is 18.5 Å². The van der Waals surface area contributed by atoms with Gasteiger partial charge in [0.05, 0.1) is 30.5 Å². The summed E-state index contributed by atoms with van der Waals surface area (Å²) in [6.07, 6.45) is 1.49. The molecule has 7 nitrogen and oxygen atoms in total. The average Bonchev–Trinajstić information content (AvgIpc) is 2.79. The number of halogens is 2. The lowest BCUT2D eigenvalue weighted by molar-refractivity contribution is -0.903. The molecule has 0 saturated heterocycles. The van der Waals surface area contributed by atoms with Crippen molar-refractivity contribution in [3.05, 3.63) is 103 Å². The number of rotatable bonds is 12. The summed E-state index contributed by atoms with van der Waals surface area (Å²) in [7, 11) is 0.371. The monoisotopic (exact) mass is 651 g/mol. The van der Waals surface area contributed by atoms with Crippen molar-refractivity contribution in [3.63, 3.8) is 0 Å². The molecule has 0 atom stereocenters. The third-order valence-corrected chi connectivity index (χ3v) is 8.87. The minimum Gasteiger partial charge on any atom is -1.00 e. The zero-order valence-electron chi connectivity index (χ0n) is 24.1. The van der Waals surface area contributed by atoms with Gasteiger partial charge < -0.3 is 21.5 Å². The number of nitro groups is 1. The summed E-state index contributed by atoms with van der Waals surface area (Å²) in [5.74, 6) is 0. The lowest BCUT2D eigenvalue weighted by atomic mass is 10.1. The van der Waals surface area contributed by atoms with E-state index in [0.29, 0.717) is 13.0 Å². The quantitative estimate of drug-likeness (QED) is 0.129. The second-order valence-electron chi connectivity index (χ2n) is 11.2. The Morgan fingerprint density at radius 3 is 1.90 bits per heavy atom. The van der Waals surface area contributed by atoms with E-state index < -0.39 is 20.6 Å². The molecule has 0 fully saturated rings. The molecule has 10 heteroatoms. The van der Waals surface area contributed by atoms with Crippen LogP contribution in [0.2, 0.25) is 5.02 Å². The largest absolute Gasteiger partial charge is 1.00 e. The average molecular weight is 653 g/mol. The van der Waals surface area contributed by atoms with Crippen LogP contribution in [0.5, 0.6) is 0 Å². The van der Waals surface area contributed by atoms with Crippen molar-refractivity contribution < 1.29 is 34.8 Å². The van der Waals surface area contributed by atoms with Crippen LogP contribution in [0.1, 0.15) is 46.2 Å². The number of aryl methyl sites for hydroxylation is 4. The molecule has 0 aromatic heterocycles. The number of nitro benzene ring substituents is 1. The van der Waals surface area contributed by atoms with Crippen molar-refractivity contribution in [3.8, 4) is 0 Å². The van der Waals surface area contributed by atoms with Crippen LogP contribution < -0.4 is 17.0 Å². The minimum absolute atomic E-state index is 0. The van der Waals surface area contributed by atoms with Crippen molar-refractivity contribution >= 4 is 27.3 Å². The van der Waals surface area contributed by atoms with E-state index in [2.05, 4.69) is 46.1 Å². The summed E-state index contributed by atoms with van der Waals surface area (Å²) in [6, 6.07) is 16.3. The molecule has 0 aliphatic carbocycles. The molecule has 0 heterocycles. The Morgan fingerprint density at radius 2 is 1.38 bits per heavy atom. The molecule has 218 valence electrons. The number of hydrogen-bond acceptors (Lipinski definition) is 4. The Balaban J connectivity index is 0.00000560. The molecule has 0 N–H and O–H groups in total. The smallest absolute Gasteiger partial charge is 0.289 e. The predicted octanol–water partition coefficient (Wildman–Crippen LogP) is 3.73. The van der Waals surface area contributed by atoms with Gasteiger partial charge in [-0.15, -0.1) is 0 Å². The van der Waals surface area contributed by atoms with Crippen LogP contribution in [-0.4, -0.2) is 49.3 Å². The van der Waals surface area contributed by atoms with Gasteiger partial charge in [-0.05, 0) is 58.2 Å². The van der Waals surface area contributed by atoms with E-state index >= 15 is 0 Å². The second kappa shape index (κ2) is 14.0. The topological polar surface area (TPSA) is 80.5 Å². The number of hydrogen-bond donors (Lipinski definition) is 0. The van der Waals surface area contributed by atoms with E-state index in [1.165, 1.54) is 33.1 Å². The minimum atomic E-state index is -4.01. The summed E-state index contributed by atoms with van der Waals surface area (Å²) in [5, 5.41) is 11.3.